The molecule has 3 heterocycles. The van der Waals surface area contributed by atoms with Gasteiger partial charge in [0.1, 0.15) is 11.7 Å². The number of nitrogens with zero attached hydrogens (tertiary/aromatic N) is 3. The van der Waals surface area contributed by atoms with Crippen LogP contribution in [0.4, 0.5) is 0 Å². The Morgan fingerprint density at radius 1 is 1.04 bits per heavy atom. The van der Waals surface area contributed by atoms with Crippen molar-refractivity contribution in [3.63, 3.8) is 0 Å². The van der Waals surface area contributed by atoms with Gasteiger partial charge in [-0.2, -0.15) is 4.98 Å². The molecule has 2 unspecified atom stereocenters. The highest BCUT2D eigenvalue weighted by Gasteiger charge is 2.30. The van der Waals surface area contributed by atoms with Crippen LogP contribution in [0.3, 0.4) is 0 Å². The summed E-state index contributed by atoms with van der Waals surface area (Å²) in [6, 6.07) is 12.4. The molecule has 1 saturated heterocycles. The molecule has 24 heavy (non-hydrogen) atoms. The summed E-state index contributed by atoms with van der Waals surface area (Å²) < 4.78 is 5.43. The molecule has 0 radical (unpaired) electrons. The Hall–Kier alpha value is -2.57. The number of hydrazine groups is 1. The van der Waals surface area contributed by atoms with Gasteiger partial charge in [-0.05, 0) is 49.1 Å². The van der Waals surface area contributed by atoms with Gasteiger partial charge in [-0.1, -0.05) is 29.4 Å². The van der Waals surface area contributed by atoms with Crippen molar-refractivity contribution in [1.82, 2.24) is 26.0 Å². The first-order valence-corrected chi connectivity index (χ1v) is 8.04. The predicted molar refractivity (Wildman–Crippen MR) is 89.8 cm³/mol. The van der Waals surface area contributed by atoms with Gasteiger partial charge in [-0.25, -0.2) is 10.9 Å². The molecular formula is C18H19N5O. The molecule has 6 heteroatoms. The highest BCUT2D eigenvalue weighted by molar-refractivity contribution is 5.47. The second-order valence-electron chi connectivity index (χ2n) is 6.14. The Kier molecular flexibility index (Phi) is 3.84. The lowest BCUT2D eigenvalue weighted by Crippen LogP contribution is -2.26. The minimum absolute atomic E-state index is 0.0124. The molecule has 1 aliphatic rings. The first-order chi connectivity index (χ1) is 11.7. The lowest BCUT2D eigenvalue weighted by atomic mass is 9.98. The number of pyridine rings is 1. The third kappa shape index (κ3) is 2.81. The van der Waals surface area contributed by atoms with Crippen molar-refractivity contribution in [3.05, 3.63) is 65.2 Å². The molecule has 1 fully saturated rings. The van der Waals surface area contributed by atoms with Gasteiger partial charge in [-0.3, -0.25) is 4.98 Å². The summed E-state index contributed by atoms with van der Waals surface area (Å²) in [6.45, 7) is 4.26. The normalized spacial score (nSPS) is 20.4. The topological polar surface area (TPSA) is 75.9 Å². The predicted octanol–water partition coefficient (Wildman–Crippen LogP) is 3.03. The molecule has 0 aliphatic carbocycles. The Morgan fingerprint density at radius 3 is 2.71 bits per heavy atom. The summed E-state index contributed by atoms with van der Waals surface area (Å²) in [5.41, 5.74) is 11.2. The molecule has 3 aromatic rings. The van der Waals surface area contributed by atoms with Crippen LogP contribution in [-0.2, 0) is 0 Å². The quantitative estimate of drug-likeness (QED) is 0.772. The van der Waals surface area contributed by atoms with Crippen molar-refractivity contribution in [3.8, 4) is 11.5 Å². The highest BCUT2D eigenvalue weighted by Crippen LogP contribution is 2.31. The lowest BCUT2D eigenvalue weighted by Gasteiger charge is -2.11. The van der Waals surface area contributed by atoms with Gasteiger partial charge in [-0.15, -0.1) is 0 Å². The molecule has 0 bridgehead atoms. The van der Waals surface area contributed by atoms with E-state index >= 15 is 0 Å². The second-order valence-corrected chi connectivity index (χ2v) is 6.14. The number of aromatic nitrogens is 3. The zero-order chi connectivity index (χ0) is 16.5. The van der Waals surface area contributed by atoms with E-state index in [-0.39, 0.29) is 12.1 Å². The summed E-state index contributed by atoms with van der Waals surface area (Å²) in [4.78, 5) is 8.73. The van der Waals surface area contributed by atoms with Crippen molar-refractivity contribution in [1.29, 1.82) is 0 Å². The van der Waals surface area contributed by atoms with Gasteiger partial charge in [0.2, 0.25) is 11.7 Å². The number of benzene rings is 1. The number of hydrogen-bond acceptors (Lipinski definition) is 6. The Labute approximate surface area is 140 Å². The van der Waals surface area contributed by atoms with E-state index < -0.39 is 0 Å². The van der Waals surface area contributed by atoms with Crippen LogP contribution in [-0.4, -0.2) is 15.1 Å². The minimum Gasteiger partial charge on any atom is -0.337 e. The first-order valence-electron chi connectivity index (χ1n) is 8.04. The molecule has 0 spiro atoms. The third-order valence-corrected chi connectivity index (χ3v) is 4.47. The van der Waals surface area contributed by atoms with Gasteiger partial charge in [0.15, 0.2) is 0 Å². The van der Waals surface area contributed by atoms with Gasteiger partial charge in [0, 0.05) is 12.2 Å². The fraction of sp³-hybridized carbons (Fsp3) is 0.278. The van der Waals surface area contributed by atoms with Crippen molar-refractivity contribution in [2.24, 2.45) is 0 Å². The molecule has 1 aliphatic heterocycles. The number of rotatable bonds is 3. The van der Waals surface area contributed by atoms with E-state index in [2.05, 4.69) is 58.0 Å². The first kappa shape index (κ1) is 15.0. The maximum atomic E-state index is 5.43. The maximum absolute atomic E-state index is 5.43. The Bertz CT molecular complexity index is 846. The maximum Gasteiger partial charge on any atom is 0.245 e. The standard InChI is InChI=1S/C18H19N5O/c1-11-6-7-13(9-12(11)2)15-10-16(22-21-15)18-20-17(23-24-18)14-5-3-4-8-19-14/h3-9,15-16,21-22H,10H2,1-2H3. The van der Waals surface area contributed by atoms with E-state index in [1.54, 1.807) is 6.20 Å². The minimum atomic E-state index is -0.0124. The van der Waals surface area contributed by atoms with Crippen molar-refractivity contribution in [2.45, 2.75) is 32.4 Å². The smallest absolute Gasteiger partial charge is 0.245 e. The van der Waals surface area contributed by atoms with Crippen LogP contribution in [0.1, 0.15) is 41.1 Å². The largest absolute Gasteiger partial charge is 0.337 e. The van der Waals surface area contributed by atoms with E-state index in [4.69, 9.17) is 4.52 Å². The highest BCUT2D eigenvalue weighted by atomic mass is 16.5. The average molecular weight is 321 g/mol. The zero-order valence-electron chi connectivity index (χ0n) is 13.7. The number of nitrogens with one attached hydrogen (secondary N) is 2. The summed E-state index contributed by atoms with van der Waals surface area (Å²) >= 11 is 0. The molecule has 2 atom stereocenters. The third-order valence-electron chi connectivity index (χ3n) is 4.47. The fourth-order valence-electron chi connectivity index (χ4n) is 2.89. The van der Waals surface area contributed by atoms with Gasteiger partial charge < -0.3 is 4.52 Å². The van der Waals surface area contributed by atoms with E-state index in [1.807, 2.05) is 18.2 Å². The molecule has 6 nitrogen and oxygen atoms in total. The van der Waals surface area contributed by atoms with E-state index in [0.717, 1.165) is 6.42 Å². The van der Waals surface area contributed by atoms with Crippen LogP contribution in [0.15, 0.2) is 47.1 Å². The summed E-state index contributed by atoms with van der Waals surface area (Å²) in [7, 11) is 0. The van der Waals surface area contributed by atoms with Crippen molar-refractivity contribution < 1.29 is 4.52 Å². The fourth-order valence-corrected chi connectivity index (χ4v) is 2.89. The van der Waals surface area contributed by atoms with Crippen LogP contribution < -0.4 is 10.9 Å². The van der Waals surface area contributed by atoms with Crippen molar-refractivity contribution >= 4 is 0 Å². The van der Waals surface area contributed by atoms with Crippen LogP contribution >= 0.6 is 0 Å². The molecule has 0 saturated carbocycles. The van der Waals surface area contributed by atoms with Crippen LogP contribution in [0, 0.1) is 13.8 Å². The number of hydrogen-bond donors (Lipinski definition) is 2. The summed E-state index contributed by atoms with van der Waals surface area (Å²) in [5.74, 6) is 1.09. The van der Waals surface area contributed by atoms with E-state index in [1.165, 1.54) is 16.7 Å². The number of aryl methyl sites for hydroxylation is 2. The van der Waals surface area contributed by atoms with Gasteiger partial charge >= 0.3 is 0 Å². The SMILES string of the molecule is Cc1ccc(C2CC(c3nc(-c4ccccn4)no3)NN2)cc1C. The van der Waals surface area contributed by atoms with Crippen LogP contribution in [0.2, 0.25) is 0 Å². The van der Waals surface area contributed by atoms with E-state index in [9.17, 15) is 0 Å². The monoisotopic (exact) mass is 321 g/mol. The molecule has 0 amide bonds. The van der Waals surface area contributed by atoms with Crippen LogP contribution in [0.25, 0.3) is 11.5 Å². The second kappa shape index (κ2) is 6.14. The molecule has 122 valence electrons. The van der Waals surface area contributed by atoms with Crippen LogP contribution in [0.5, 0.6) is 0 Å². The lowest BCUT2D eigenvalue weighted by molar-refractivity contribution is 0.340. The summed E-state index contributed by atoms with van der Waals surface area (Å²) in [5, 5.41) is 4.04. The van der Waals surface area contributed by atoms with E-state index in [0.29, 0.717) is 17.4 Å². The zero-order valence-corrected chi connectivity index (χ0v) is 13.7. The Balaban J connectivity index is 1.51. The van der Waals surface area contributed by atoms with Gasteiger partial charge in [0.05, 0.1) is 0 Å². The molecule has 1 aromatic carbocycles. The van der Waals surface area contributed by atoms with Crippen molar-refractivity contribution in [2.75, 3.05) is 0 Å². The Morgan fingerprint density at radius 2 is 1.92 bits per heavy atom. The van der Waals surface area contributed by atoms with Gasteiger partial charge in [0.25, 0.3) is 0 Å². The summed E-state index contributed by atoms with van der Waals surface area (Å²) in [6.07, 6.45) is 2.57. The average Bonchev–Trinajstić information content (AvgIpc) is 3.27. The molecule has 4 rings (SSSR count). The molecule has 2 N–H and O–H groups in total. The molecule has 2 aromatic heterocycles. The molecular weight excluding hydrogens is 302 g/mol.